The van der Waals surface area contributed by atoms with E-state index in [1.807, 2.05) is 52.0 Å². The molecule has 88 valence electrons. The molecule has 0 unspecified atom stereocenters. The summed E-state index contributed by atoms with van der Waals surface area (Å²) in [6.07, 6.45) is 0. The van der Waals surface area contributed by atoms with Crippen molar-refractivity contribution in [1.82, 2.24) is 4.98 Å². The largest absolute Gasteiger partial charge is 0.322 e. The second-order valence-electron chi connectivity index (χ2n) is 2.53. The van der Waals surface area contributed by atoms with Crippen LogP contribution in [-0.4, -0.2) is 4.98 Å². The third-order valence-electron chi connectivity index (χ3n) is 1.70. The first kappa shape index (κ1) is 14.7. The summed E-state index contributed by atoms with van der Waals surface area (Å²) in [5, 5.41) is 1.37. The Bertz CT molecular complexity index is 477. The lowest BCUT2D eigenvalue weighted by Gasteiger charge is -1.97. The lowest BCUT2D eigenvalue weighted by molar-refractivity contribution is 1.31. The highest BCUT2D eigenvalue weighted by molar-refractivity contribution is 6.35. The third-order valence-corrected chi connectivity index (χ3v) is 2.01. The molecule has 0 aliphatic rings. The summed E-state index contributed by atoms with van der Waals surface area (Å²) in [4.78, 5) is 13.7. The van der Waals surface area contributed by atoms with E-state index in [2.05, 4.69) is 4.98 Å². The van der Waals surface area contributed by atoms with Crippen molar-refractivity contribution in [2.45, 2.75) is 27.7 Å². The van der Waals surface area contributed by atoms with Crippen LogP contribution in [0.3, 0.4) is 0 Å². The summed E-state index contributed by atoms with van der Waals surface area (Å²) < 4.78 is 0. The standard InChI is InChI=1S/C9H6ClNO.2C2H6/c10-7-5-9(12)11-8-4-2-1-3-6(7)8;2*1-2/h1-5H,(H,11,12);2*1-2H3. The zero-order valence-electron chi connectivity index (χ0n) is 10.2. The van der Waals surface area contributed by atoms with E-state index >= 15 is 0 Å². The summed E-state index contributed by atoms with van der Waals surface area (Å²) in [6.45, 7) is 8.00. The minimum absolute atomic E-state index is 0.168. The molecule has 0 fully saturated rings. The zero-order chi connectivity index (χ0) is 12.6. The van der Waals surface area contributed by atoms with Crippen molar-refractivity contribution in [3.63, 3.8) is 0 Å². The molecule has 0 radical (unpaired) electrons. The summed E-state index contributed by atoms with van der Waals surface area (Å²) in [7, 11) is 0. The van der Waals surface area contributed by atoms with Gasteiger partial charge in [0.1, 0.15) is 0 Å². The maximum atomic E-state index is 11.0. The van der Waals surface area contributed by atoms with Gasteiger partial charge < -0.3 is 4.98 Å². The highest BCUT2D eigenvalue weighted by Crippen LogP contribution is 2.18. The fraction of sp³-hybridized carbons (Fsp3) is 0.308. The van der Waals surface area contributed by atoms with Crippen molar-refractivity contribution in [2.24, 2.45) is 0 Å². The minimum Gasteiger partial charge on any atom is -0.322 e. The Kier molecular flexibility index (Phi) is 7.31. The Balaban J connectivity index is 0.000000509. The number of benzene rings is 1. The first-order valence-electron chi connectivity index (χ1n) is 5.55. The third kappa shape index (κ3) is 3.70. The quantitative estimate of drug-likeness (QED) is 0.733. The first-order valence-corrected chi connectivity index (χ1v) is 5.93. The molecule has 0 bridgehead atoms. The number of hydrogen-bond acceptors (Lipinski definition) is 1. The lowest BCUT2D eigenvalue weighted by Crippen LogP contribution is -2.02. The van der Waals surface area contributed by atoms with Gasteiger partial charge in [0.05, 0.1) is 5.02 Å². The number of rotatable bonds is 0. The number of fused-ring (bicyclic) bond motifs is 1. The summed E-state index contributed by atoms with van der Waals surface area (Å²) in [6, 6.07) is 8.81. The van der Waals surface area contributed by atoms with Gasteiger partial charge >= 0.3 is 0 Å². The van der Waals surface area contributed by atoms with Gasteiger partial charge in [0.15, 0.2) is 0 Å². The maximum absolute atomic E-state index is 11.0. The van der Waals surface area contributed by atoms with Gasteiger partial charge in [0, 0.05) is 17.0 Å². The Hall–Kier alpha value is -1.28. The average molecular weight is 240 g/mol. The molecule has 0 amide bonds. The number of hydrogen-bond donors (Lipinski definition) is 1. The van der Waals surface area contributed by atoms with Gasteiger partial charge in [0.25, 0.3) is 0 Å². The monoisotopic (exact) mass is 239 g/mol. The number of H-pyrrole nitrogens is 1. The van der Waals surface area contributed by atoms with Crippen molar-refractivity contribution < 1.29 is 0 Å². The smallest absolute Gasteiger partial charge is 0.249 e. The van der Waals surface area contributed by atoms with Crippen LogP contribution in [0.25, 0.3) is 10.9 Å². The van der Waals surface area contributed by atoms with Gasteiger partial charge in [-0.3, -0.25) is 4.79 Å². The molecule has 2 aromatic rings. The van der Waals surface area contributed by atoms with Gasteiger partial charge in [-0.05, 0) is 6.07 Å². The predicted molar refractivity (Wildman–Crippen MR) is 72.3 cm³/mol. The second-order valence-corrected chi connectivity index (χ2v) is 2.93. The van der Waals surface area contributed by atoms with Crippen LogP contribution in [0.1, 0.15) is 27.7 Å². The Morgan fingerprint density at radius 1 is 1.06 bits per heavy atom. The molecule has 0 spiro atoms. The van der Waals surface area contributed by atoms with Crippen LogP contribution in [0.4, 0.5) is 0 Å². The second kappa shape index (κ2) is 7.94. The molecule has 0 aliphatic carbocycles. The lowest BCUT2D eigenvalue weighted by atomic mass is 10.2. The number of para-hydroxylation sites is 1. The van der Waals surface area contributed by atoms with E-state index in [0.717, 1.165) is 10.9 Å². The molecule has 3 heteroatoms. The van der Waals surface area contributed by atoms with Crippen molar-refractivity contribution >= 4 is 22.5 Å². The average Bonchev–Trinajstić information content (AvgIpc) is 2.34. The molecular weight excluding hydrogens is 222 g/mol. The van der Waals surface area contributed by atoms with Gasteiger partial charge in [0.2, 0.25) is 5.56 Å². The van der Waals surface area contributed by atoms with Crippen LogP contribution < -0.4 is 5.56 Å². The molecule has 2 nitrogen and oxygen atoms in total. The fourth-order valence-electron chi connectivity index (χ4n) is 1.16. The Morgan fingerprint density at radius 2 is 1.62 bits per heavy atom. The zero-order valence-corrected chi connectivity index (χ0v) is 10.9. The van der Waals surface area contributed by atoms with E-state index in [9.17, 15) is 4.79 Å². The van der Waals surface area contributed by atoms with Crippen LogP contribution in [-0.2, 0) is 0 Å². The molecule has 0 atom stereocenters. The molecule has 1 aromatic carbocycles. The maximum Gasteiger partial charge on any atom is 0.249 e. The molecule has 1 heterocycles. The SMILES string of the molecule is CC.CC.O=c1cc(Cl)c2ccccc2[nH]1. The van der Waals surface area contributed by atoms with E-state index in [0.29, 0.717) is 5.02 Å². The van der Waals surface area contributed by atoms with Crippen LogP contribution in [0, 0.1) is 0 Å². The molecule has 1 aromatic heterocycles. The minimum atomic E-state index is -0.168. The Labute approximate surface area is 101 Å². The number of halogens is 1. The molecule has 1 N–H and O–H groups in total. The van der Waals surface area contributed by atoms with Crippen LogP contribution in [0.15, 0.2) is 35.1 Å². The topological polar surface area (TPSA) is 32.9 Å². The number of aromatic nitrogens is 1. The van der Waals surface area contributed by atoms with Crippen molar-refractivity contribution in [3.05, 3.63) is 45.7 Å². The molecule has 16 heavy (non-hydrogen) atoms. The molecular formula is C13H18ClNO. The molecule has 0 saturated heterocycles. The molecule has 0 saturated carbocycles. The number of nitrogens with one attached hydrogen (secondary N) is 1. The van der Waals surface area contributed by atoms with Gasteiger partial charge in [-0.25, -0.2) is 0 Å². The first-order chi connectivity index (χ1) is 7.77. The van der Waals surface area contributed by atoms with Crippen molar-refractivity contribution in [1.29, 1.82) is 0 Å². The van der Waals surface area contributed by atoms with Gasteiger partial charge in [-0.15, -0.1) is 0 Å². The summed E-state index contributed by atoms with van der Waals surface area (Å²) in [5.74, 6) is 0. The normalized spacial score (nSPS) is 8.56. The fourth-order valence-corrected chi connectivity index (χ4v) is 1.43. The van der Waals surface area contributed by atoms with E-state index in [1.54, 1.807) is 0 Å². The van der Waals surface area contributed by atoms with Gasteiger partial charge in [-0.1, -0.05) is 57.5 Å². The van der Waals surface area contributed by atoms with Crippen molar-refractivity contribution in [3.8, 4) is 0 Å². The highest BCUT2D eigenvalue weighted by Gasteiger charge is 1.98. The van der Waals surface area contributed by atoms with E-state index in [1.165, 1.54) is 6.07 Å². The van der Waals surface area contributed by atoms with Crippen LogP contribution in [0.2, 0.25) is 5.02 Å². The molecule has 0 aliphatic heterocycles. The van der Waals surface area contributed by atoms with E-state index < -0.39 is 0 Å². The van der Waals surface area contributed by atoms with E-state index in [-0.39, 0.29) is 5.56 Å². The number of pyridine rings is 1. The highest BCUT2D eigenvalue weighted by atomic mass is 35.5. The van der Waals surface area contributed by atoms with Crippen LogP contribution >= 0.6 is 11.6 Å². The van der Waals surface area contributed by atoms with E-state index in [4.69, 9.17) is 11.6 Å². The van der Waals surface area contributed by atoms with Crippen LogP contribution in [0.5, 0.6) is 0 Å². The predicted octanol–water partition coefficient (Wildman–Crippen LogP) is 4.23. The van der Waals surface area contributed by atoms with Crippen molar-refractivity contribution in [2.75, 3.05) is 0 Å². The summed E-state index contributed by atoms with van der Waals surface area (Å²) >= 11 is 5.84. The number of aromatic amines is 1. The van der Waals surface area contributed by atoms with Gasteiger partial charge in [-0.2, -0.15) is 0 Å². The Morgan fingerprint density at radius 3 is 2.25 bits per heavy atom. The summed E-state index contributed by atoms with van der Waals surface area (Å²) in [5.41, 5.74) is 0.605. The molecule has 2 rings (SSSR count).